The van der Waals surface area contributed by atoms with Crippen LogP contribution in [0.1, 0.15) is 0 Å². The molecule has 0 bridgehead atoms. The standard InChI is InChI=1S/C52H30N12/c1-53-42-9-3-2-8-36(42)41-30-48(64-45-16-12-34(51-58-22-6-23-59-51)28-39(45)40-29-35(13-17-46(40)64)52-60-24-7-25-61-52)62-31-47(41)63-43-14-10-32(49-54-18-4-19-55-49)26-37(43)38-27-33(11-15-44(38)63)50-56-20-5-21-57-50/h2-31H. The van der Waals surface area contributed by atoms with Crippen molar-refractivity contribution in [3.05, 3.63) is 195 Å². The minimum atomic E-state index is 0.524. The molecule has 0 fully saturated rings. The van der Waals surface area contributed by atoms with E-state index >= 15 is 0 Å². The van der Waals surface area contributed by atoms with Gasteiger partial charge in [-0.2, -0.15) is 0 Å². The van der Waals surface area contributed by atoms with E-state index in [2.05, 4.69) is 108 Å². The summed E-state index contributed by atoms with van der Waals surface area (Å²) in [5, 5.41) is 3.96. The second kappa shape index (κ2) is 15.0. The third-order valence-electron chi connectivity index (χ3n) is 11.5. The first kappa shape index (κ1) is 36.5. The Bertz CT molecular complexity index is 3590. The highest BCUT2D eigenvalue weighted by Gasteiger charge is 2.23. The molecule has 0 saturated carbocycles. The van der Waals surface area contributed by atoms with Gasteiger partial charge in [-0.1, -0.05) is 24.3 Å². The van der Waals surface area contributed by atoms with Crippen LogP contribution in [0.25, 0.3) is 117 Å². The lowest BCUT2D eigenvalue weighted by Gasteiger charge is -2.17. The fourth-order valence-electron chi connectivity index (χ4n) is 8.65. The van der Waals surface area contributed by atoms with Crippen molar-refractivity contribution in [3.8, 4) is 68.2 Å². The molecular weight excluding hydrogens is 793 g/mol. The number of nitrogens with zero attached hydrogens (tertiary/aromatic N) is 12. The number of benzene rings is 5. The molecule has 0 aliphatic rings. The van der Waals surface area contributed by atoms with Crippen LogP contribution in [-0.2, 0) is 0 Å². The molecule has 5 aromatic carbocycles. The minimum Gasteiger partial charge on any atom is -0.307 e. The second-order valence-corrected chi connectivity index (χ2v) is 15.1. The monoisotopic (exact) mass is 822 g/mol. The lowest BCUT2D eigenvalue weighted by atomic mass is 10.0. The number of para-hydroxylation sites is 1. The molecule has 0 amide bonds. The van der Waals surface area contributed by atoms with Crippen LogP contribution in [0.2, 0.25) is 0 Å². The van der Waals surface area contributed by atoms with Gasteiger partial charge in [-0.05, 0) is 109 Å². The van der Waals surface area contributed by atoms with Crippen LogP contribution < -0.4 is 0 Å². The highest BCUT2D eigenvalue weighted by molar-refractivity contribution is 6.13. The second-order valence-electron chi connectivity index (χ2n) is 15.1. The summed E-state index contributed by atoms with van der Waals surface area (Å²) in [6, 6.07) is 42.2. The molecule has 12 rings (SSSR count). The third kappa shape index (κ3) is 6.03. The molecule has 7 heterocycles. The van der Waals surface area contributed by atoms with Crippen LogP contribution >= 0.6 is 0 Å². The van der Waals surface area contributed by atoms with Gasteiger partial charge in [0, 0.05) is 98.9 Å². The quantitative estimate of drug-likeness (QED) is 0.144. The van der Waals surface area contributed by atoms with Crippen molar-refractivity contribution < 1.29 is 0 Å². The maximum absolute atomic E-state index is 8.30. The topological polar surface area (TPSA) is 130 Å². The van der Waals surface area contributed by atoms with E-state index in [1.165, 1.54) is 0 Å². The average molecular weight is 823 g/mol. The number of rotatable bonds is 7. The zero-order chi connectivity index (χ0) is 42.6. The molecule has 0 spiro atoms. The summed E-state index contributed by atoms with van der Waals surface area (Å²) >= 11 is 0. The van der Waals surface area contributed by atoms with Crippen molar-refractivity contribution in [1.29, 1.82) is 0 Å². The van der Waals surface area contributed by atoms with Gasteiger partial charge >= 0.3 is 0 Å². The van der Waals surface area contributed by atoms with E-state index in [1.807, 2.05) is 79.0 Å². The van der Waals surface area contributed by atoms with E-state index < -0.39 is 0 Å². The van der Waals surface area contributed by atoms with Crippen molar-refractivity contribution >= 4 is 49.3 Å². The maximum Gasteiger partial charge on any atom is 0.194 e. The van der Waals surface area contributed by atoms with E-state index in [0.29, 0.717) is 34.8 Å². The largest absolute Gasteiger partial charge is 0.307 e. The van der Waals surface area contributed by atoms with E-state index in [4.69, 9.17) is 11.6 Å². The summed E-state index contributed by atoms with van der Waals surface area (Å²) in [6.07, 6.45) is 15.9. The Hall–Kier alpha value is -9.34. The third-order valence-corrected chi connectivity index (χ3v) is 11.5. The SMILES string of the molecule is [C-]#[N+]c1ccccc1-c1cc(-n2c3ccc(-c4ncccn4)cc3c3cc(-c4ncccn4)ccc32)ncc1-n1c2ccc(-c3ncccn3)cc2c2cc(-c3ncccn3)ccc21. The molecule has 298 valence electrons. The Morgan fingerprint density at radius 2 is 0.734 bits per heavy atom. The Labute approximate surface area is 364 Å². The van der Waals surface area contributed by atoms with E-state index in [0.717, 1.165) is 82.7 Å². The average Bonchev–Trinajstić information content (AvgIpc) is 3.88. The van der Waals surface area contributed by atoms with Gasteiger partial charge in [-0.15, -0.1) is 0 Å². The highest BCUT2D eigenvalue weighted by Crippen LogP contribution is 2.43. The van der Waals surface area contributed by atoms with Gasteiger partial charge in [0.1, 0.15) is 5.82 Å². The molecule has 7 aromatic heterocycles. The summed E-state index contributed by atoms with van der Waals surface area (Å²) in [6.45, 7) is 8.30. The number of pyridine rings is 1. The van der Waals surface area contributed by atoms with Gasteiger partial charge in [0.25, 0.3) is 0 Å². The van der Waals surface area contributed by atoms with E-state index in [9.17, 15) is 0 Å². The van der Waals surface area contributed by atoms with Crippen LogP contribution in [-0.4, -0.2) is 54.0 Å². The van der Waals surface area contributed by atoms with Crippen LogP contribution in [0.3, 0.4) is 0 Å². The van der Waals surface area contributed by atoms with Gasteiger partial charge in [0.2, 0.25) is 0 Å². The molecule has 64 heavy (non-hydrogen) atoms. The van der Waals surface area contributed by atoms with Crippen molar-refractivity contribution in [1.82, 2.24) is 54.0 Å². The van der Waals surface area contributed by atoms with Crippen molar-refractivity contribution in [3.63, 3.8) is 0 Å². The predicted octanol–water partition coefficient (Wildman–Crippen LogP) is 11.3. The maximum atomic E-state index is 8.30. The lowest BCUT2D eigenvalue weighted by molar-refractivity contribution is 1.06. The molecule has 0 unspecified atom stereocenters. The van der Waals surface area contributed by atoms with Crippen molar-refractivity contribution in [2.75, 3.05) is 0 Å². The van der Waals surface area contributed by atoms with Crippen molar-refractivity contribution in [2.45, 2.75) is 0 Å². The van der Waals surface area contributed by atoms with Gasteiger partial charge in [-0.3, -0.25) is 4.57 Å². The zero-order valence-corrected chi connectivity index (χ0v) is 33.7. The van der Waals surface area contributed by atoms with Gasteiger partial charge in [-0.25, -0.2) is 49.7 Å². The van der Waals surface area contributed by atoms with Crippen LogP contribution in [0.5, 0.6) is 0 Å². The van der Waals surface area contributed by atoms with Crippen molar-refractivity contribution in [2.24, 2.45) is 0 Å². The number of hydrogen-bond donors (Lipinski definition) is 0. The molecular formula is C52H30N12. The van der Waals surface area contributed by atoms with Crippen LogP contribution in [0.15, 0.2) is 183 Å². The number of aromatic nitrogens is 11. The Morgan fingerprint density at radius 1 is 0.359 bits per heavy atom. The fraction of sp³-hybridized carbons (Fsp3) is 0. The smallest absolute Gasteiger partial charge is 0.194 e. The van der Waals surface area contributed by atoms with Gasteiger partial charge in [0.05, 0.1) is 40.5 Å². The Kier molecular flexibility index (Phi) is 8.55. The molecule has 0 saturated heterocycles. The molecule has 0 aliphatic heterocycles. The Morgan fingerprint density at radius 3 is 1.12 bits per heavy atom. The van der Waals surface area contributed by atoms with Crippen LogP contribution in [0, 0.1) is 6.57 Å². The zero-order valence-electron chi connectivity index (χ0n) is 33.7. The molecule has 0 aliphatic carbocycles. The van der Waals surface area contributed by atoms with Gasteiger partial charge in [0.15, 0.2) is 29.0 Å². The first-order valence-corrected chi connectivity index (χ1v) is 20.4. The molecule has 12 aromatic rings. The normalized spacial score (nSPS) is 11.4. The number of hydrogen-bond acceptors (Lipinski definition) is 9. The summed E-state index contributed by atoms with van der Waals surface area (Å²) in [7, 11) is 0. The molecule has 12 heteroatoms. The molecule has 0 radical (unpaired) electrons. The van der Waals surface area contributed by atoms with Crippen LogP contribution in [0.4, 0.5) is 5.69 Å². The minimum absolute atomic E-state index is 0.524. The summed E-state index contributed by atoms with van der Waals surface area (Å²) < 4.78 is 4.40. The Balaban J connectivity index is 1.13. The lowest BCUT2D eigenvalue weighted by Crippen LogP contribution is -2.03. The summed E-state index contributed by atoms with van der Waals surface area (Å²) in [5.41, 5.74) is 10.3. The number of fused-ring (bicyclic) bond motifs is 6. The summed E-state index contributed by atoms with van der Waals surface area (Å²) in [5.74, 6) is 3.20. The predicted molar refractivity (Wildman–Crippen MR) is 249 cm³/mol. The highest BCUT2D eigenvalue weighted by atomic mass is 15.1. The molecule has 12 nitrogen and oxygen atoms in total. The van der Waals surface area contributed by atoms with E-state index in [1.54, 1.807) is 49.6 Å². The first-order chi connectivity index (χ1) is 31.7. The fourth-order valence-corrected chi connectivity index (χ4v) is 8.65. The van der Waals surface area contributed by atoms with E-state index in [-0.39, 0.29) is 0 Å². The first-order valence-electron chi connectivity index (χ1n) is 20.4. The van der Waals surface area contributed by atoms with Gasteiger partial charge < -0.3 is 4.57 Å². The molecule has 0 N–H and O–H groups in total. The molecule has 0 atom stereocenters. The summed E-state index contributed by atoms with van der Waals surface area (Å²) in [4.78, 5) is 45.8.